The number of carbonyl (C=O) groups excluding carboxylic acids is 2. The quantitative estimate of drug-likeness (QED) is 0.880. The zero-order valence-electron chi connectivity index (χ0n) is 14.4. The standard InChI is InChI=1S/C19H20FN3O3/c1-26-17-7-3-2-5-15(17)22-19(25)23-12-4-6-16(23)18(24)21-14-10-8-13(20)9-11-14/h2-3,5,7-11,16H,4,6,12H2,1H3,(H,21,24)(H,22,25)/t16-/m1/s1. The van der Waals surface area contributed by atoms with Gasteiger partial charge in [-0.05, 0) is 49.2 Å². The van der Waals surface area contributed by atoms with Gasteiger partial charge in [-0.15, -0.1) is 0 Å². The molecule has 1 aliphatic rings. The molecule has 0 bridgehead atoms. The van der Waals surface area contributed by atoms with Crippen LogP contribution >= 0.6 is 0 Å². The Bertz CT molecular complexity index is 795. The minimum atomic E-state index is -0.574. The van der Waals surface area contributed by atoms with Crippen molar-refractivity contribution in [3.05, 3.63) is 54.3 Å². The monoisotopic (exact) mass is 357 g/mol. The molecule has 1 fully saturated rings. The first-order valence-electron chi connectivity index (χ1n) is 8.35. The average molecular weight is 357 g/mol. The number of carbonyl (C=O) groups is 2. The molecule has 1 atom stereocenters. The Morgan fingerprint density at radius 3 is 2.58 bits per heavy atom. The Morgan fingerprint density at radius 2 is 1.85 bits per heavy atom. The number of nitrogens with zero attached hydrogens (tertiary/aromatic N) is 1. The summed E-state index contributed by atoms with van der Waals surface area (Å²) in [6.07, 6.45) is 1.31. The lowest BCUT2D eigenvalue weighted by Gasteiger charge is -2.24. The second kappa shape index (κ2) is 7.86. The number of methoxy groups -OCH3 is 1. The summed E-state index contributed by atoms with van der Waals surface area (Å²) >= 11 is 0. The van der Waals surface area contributed by atoms with Gasteiger partial charge in [0.25, 0.3) is 0 Å². The summed E-state index contributed by atoms with van der Waals surface area (Å²) in [4.78, 5) is 26.7. The van der Waals surface area contributed by atoms with Crippen molar-refractivity contribution in [2.24, 2.45) is 0 Å². The van der Waals surface area contributed by atoms with Crippen LogP contribution in [-0.4, -0.2) is 36.5 Å². The highest BCUT2D eigenvalue weighted by molar-refractivity contribution is 6.00. The van der Waals surface area contributed by atoms with Crippen molar-refractivity contribution < 1.29 is 18.7 Å². The first-order valence-corrected chi connectivity index (χ1v) is 8.35. The number of benzene rings is 2. The molecule has 2 aromatic rings. The molecule has 136 valence electrons. The van der Waals surface area contributed by atoms with E-state index in [0.29, 0.717) is 30.1 Å². The number of likely N-dealkylation sites (tertiary alicyclic amines) is 1. The maximum atomic E-state index is 13.0. The third kappa shape index (κ3) is 3.93. The van der Waals surface area contributed by atoms with E-state index >= 15 is 0 Å². The number of amides is 3. The van der Waals surface area contributed by atoms with Crippen LogP contribution in [0.15, 0.2) is 48.5 Å². The molecule has 26 heavy (non-hydrogen) atoms. The van der Waals surface area contributed by atoms with E-state index in [1.807, 2.05) is 6.07 Å². The summed E-state index contributed by atoms with van der Waals surface area (Å²) in [6, 6.07) is 11.7. The summed E-state index contributed by atoms with van der Waals surface area (Å²) in [5, 5.41) is 5.52. The lowest BCUT2D eigenvalue weighted by Crippen LogP contribution is -2.45. The molecular weight excluding hydrogens is 337 g/mol. The van der Waals surface area contributed by atoms with Gasteiger partial charge < -0.3 is 20.3 Å². The first-order chi connectivity index (χ1) is 12.6. The molecule has 0 saturated carbocycles. The summed E-state index contributed by atoms with van der Waals surface area (Å²) in [5.74, 6) is -0.113. The van der Waals surface area contributed by atoms with Crippen LogP contribution in [0.5, 0.6) is 5.75 Å². The Balaban J connectivity index is 1.67. The Hall–Kier alpha value is -3.09. The minimum Gasteiger partial charge on any atom is -0.495 e. The molecule has 0 radical (unpaired) electrons. The van der Waals surface area contributed by atoms with E-state index in [0.717, 1.165) is 6.42 Å². The molecule has 2 N–H and O–H groups in total. The minimum absolute atomic E-state index is 0.288. The molecular formula is C19H20FN3O3. The number of anilines is 2. The van der Waals surface area contributed by atoms with E-state index in [1.54, 1.807) is 18.2 Å². The fraction of sp³-hybridized carbons (Fsp3) is 0.263. The largest absolute Gasteiger partial charge is 0.495 e. The Kier molecular flexibility index (Phi) is 5.36. The van der Waals surface area contributed by atoms with E-state index in [-0.39, 0.29) is 17.8 Å². The molecule has 0 aliphatic carbocycles. The van der Waals surface area contributed by atoms with E-state index in [4.69, 9.17) is 4.74 Å². The van der Waals surface area contributed by atoms with Crippen molar-refractivity contribution in [2.75, 3.05) is 24.3 Å². The number of ether oxygens (including phenoxy) is 1. The predicted octanol–water partition coefficient (Wildman–Crippen LogP) is 3.47. The van der Waals surface area contributed by atoms with Crippen LogP contribution in [0.2, 0.25) is 0 Å². The molecule has 1 heterocycles. The molecule has 1 aliphatic heterocycles. The molecule has 0 aromatic heterocycles. The summed E-state index contributed by atoms with van der Waals surface area (Å²) in [6.45, 7) is 0.489. The van der Waals surface area contributed by atoms with Crippen LogP contribution in [0.4, 0.5) is 20.6 Å². The van der Waals surface area contributed by atoms with Crippen LogP contribution in [0.1, 0.15) is 12.8 Å². The van der Waals surface area contributed by atoms with Crippen LogP contribution < -0.4 is 15.4 Å². The smallest absolute Gasteiger partial charge is 0.322 e. The second-order valence-corrected chi connectivity index (χ2v) is 5.98. The lowest BCUT2D eigenvalue weighted by atomic mass is 10.2. The van der Waals surface area contributed by atoms with Crippen molar-refractivity contribution in [3.63, 3.8) is 0 Å². The number of nitrogens with one attached hydrogen (secondary N) is 2. The first kappa shape index (κ1) is 17.7. The van der Waals surface area contributed by atoms with E-state index in [1.165, 1.54) is 36.3 Å². The highest BCUT2D eigenvalue weighted by Gasteiger charge is 2.34. The molecule has 0 unspecified atom stereocenters. The van der Waals surface area contributed by atoms with Crippen molar-refractivity contribution in [1.82, 2.24) is 4.90 Å². The zero-order valence-corrected chi connectivity index (χ0v) is 14.4. The van der Waals surface area contributed by atoms with Crippen molar-refractivity contribution >= 4 is 23.3 Å². The molecule has 2 aromatic carbocycles. The number of halogens is 1. The Labute approximate surface area is 150 Å². The number of hydrogen-bond acceptors (Lipinski definition) is 3. The average Bonchev–Trinajstić information content (AvgIpc) is 3.14. The predicted molar refractivity (Wildman–Crippen MR) is 96.8 cm³/mol. The van der Waals surface area contributed by atoms with Gasteiger partial charge >= 0.3 is 6.03 Å². The normalized spacial score (nSPS) is 16.2. The van der Waals surface area contributed by atoms with Gasteiger partial charge in [0.15, 0.2) is 0 Å². The van der Waals surface area contributed by atoms with Crippen molar-refractivity contribution in [3.8, 4) is 5.75 Å². The van der Waals surface area contributed by atoms with Gasteiger partial charge in [0.2, 0.25) is 5.91 Å². The van der Waals surface area contributed by atoms with E-state index in [2.05, 4.69) is 10.6 Å². The van der Waals surface area contributed by atoms with E-state index < -0.39 is 6.04 Å². The van der Waals surface area contributed by atoms with E-state index in [9.17, 15) is 14.0 Å². The fourth-order valence-corrected chi connectivity index (χ4v) is 2.98. The molecule has 3 amide bonds. The Morgan fingerprint density at radius 1 is 1.12 bits per heavy atom. The summed E-state index contributed by atoms with van der Waals surface area (Å²) in [5.41, 5.74) is 1.04. The molecule has 7 heteroatoms. The van der Waals surface area contributed by atoms with Crippen LogP contribution in [-0.2, 0) is 4.79 Å². The SMILES string of the molecule is COc1ccccc1NC(=O)N1CCC[C@@H]1C(=O)Nc1ccc(F)cc1. The third-order valence-electron chi connectivity index (χ3n) is 4.28. The number of hydrogen-bond donors (Lipinski definition) is 2. The highest BCUT2D eigenvalue weighted by atomic mass is 19.1. The van der Waals surface area contributed by atoms with Gasteiger partial charge in [-0.1, -0.05) is 12.1 Å². The zero-order chi connectivity index (χ0) is 18.5. The molecule has 1 saturated heterocycles. The number of para-hydroxylation sites is 2. The van der Waals surface area contributed by atoms with Gasteiger partial charge in [0, 0.05) is 12.2 Å². The number of urea groups is 1. The van der Waals surface area contributed by atoms with Gasteiger partial charge in [0.05, 0.1) is 12.8 Å². The maximum Gasteiger partial charge on any atom is 0.322 e. The van der Waals surface area contributed by atoms with Crippen LogP contribution in [0.25, 0.3) is 0 Å². The van der Waals surface area contributed by atoms with Gasteiger partial charge in [0.1, 0.15) is 17.6 Å². The summed E-state index contributed by atoms with van der Waals surface area (Å²) in [7, 11) is 1.53. The van der Waals surface area contributed by atoms with Crippen molar-refractivity contribution in [1.29, 1.82) is 0 Å². The van der Waals surface area contributed by atoms with Crippen molar-refractivity contribution in [2.45, 2.75) is 18.9 Å². The third-order valence-corrected chi connectivity index (χ3v) is 4.28. The molecule has 3 rings (SSSR count). The highest BCUT2D eigenvalue weighted by Crippen LogP contribution is 2.25. The van der Waals surface area contributed by atoms with Crippen LogP contribution in [0.3, 0.4) is 0 Å². The van der Waals surface area contributed by atoms with Gasteiger partial charge in [-0.3, -0.25) is 4.79 Å². The second-order valence-electron chi connectivity index (χ2n) is 5.98. The maximum absolute atomic E-state index is 13.0. The molecule has 0 spiro atoms. The topological polar surface area (TPSA) is 70.7 Å². The van der Waals surface area contributed by atoms with Gasteiger partial charge in [-0.2, -0.15) is 0 Å². The van der Waals surface area contributed by atoms with Crippen LogP contribution in [0, 0.1) is 5.82 Å². The fourth-order valence-electron chi connectivity index (χ4n) is 2.98. The van der Waals surface area contributed by atoms with Gasteiger partial charge in [-0.25, -0.2) is 9.18 Å². The number of rotatable bonds is 4. The molecule has 6 nitrogen and oxygen atoms in total. The lowest BCUT2D eigenvalue weighted by molar-refractivity contribution is -0.119. The summed E-state index contributed by atoms with van der Waals surface area (Å²) < 4.78 is 18.2.